The molecule has 5 nitrogen and oxygen atoms in total. The molecule has 2 aromatic heterocycles. The van der Waals surface area contributed by atoms with Gasteiger partial charge in [0.25, 0.3) is 5.88 Å². The largest absolute Gasteiger partial charge is 0.477 e. The Kier molecular flexibility index (Phi) is 3.26. The molecule has 0 aliphatic rings. The minimum atomic E-state index is -0.329. The van der Waals surface area contributed by atoms with Gasteiger partial charge in [-0.05, 0) is 18.9 Å². The van der Waals surface area contributed by atoms with Gasteiger partial charge in [-0.15, -0.1) is 0 Å². The lowest BCUT2D eigenvalue weighted by atomic mass is 10.1. The Labute approximate surface area is 109 Å². The molecule has 2 aromatic rings. The first-order chi connectivity index (χ1) is 8.47. The molecule has 18 heavy (non-hydrogen) atoms. The van der Waals surface area contributed by atoms with Crippen LogP contribution < -0.4 is 10.1 Å². The predicted molar refractivity (Wildman–Crippen MR) is 68.1 cm³/mol. The summed E-state index contributed by atoms with van der Waals surface area (Å²) in [4.78, 5) is 12.3. The Balaban J connectivity index is 3.01. The molecule has 0 fully saturated rings. The molecule has 6 heteroatoms. The summed E-state index contributed by atoms with van der Waals surface area (Å²) in [5.41, 5.74) is 0.544. The van der Waals surface area contributed by atoms with Crippen molar-refractivity contribution in [1.29, 1.82) is 0 Å². The molecule has 0 radical (unpaired) electrons. The summed E-state index contributed by atoms with van der Waals surface area (Å²) in [5, 5.41) is 14.4. The molecule has 0 spiro atoms. The third kappa shape index (κ3) is 1.84. The second-order valence-electron chi connectivity index (χ2n) is 4.37. The fourth-order valence-electron chi connectivity index (χ4n) is 2.03. The van der Waals surface area contributed by atoms with E-state index in [2.05, 4.69) is 5.10 Å². The van der Waals surface area contributed by atoms with Crippen LogP contribution in [0, 0.1) is 0 Å². The SMILES string of the molecule is CC[n+]1c(O)c(C(C)C)c(=O)n2nc(Cl)ccc21. The minimum absolute atomic E-state index is 0.00150. The molecule has 0 aliphatic heterocycles. The zero-order chi connectivity index (χ0) is 13.4. The highest BCUT2D eigenvalue weighted by molar-refractivity contribution is 6.29. The van der Waals surface area contributed by atoms with E-state index in [0.29, 0.717) is 17.8 Å². The van der Waals surface area contributed by atoms with Crippen LogP contribution in [0.2, 0.25) is 5.15 Å². The lowest BCUT2D eigenvalue weighted by Crippen LogP contribution is -2.42. The molecular formula is C12H15ClN3O2+. The maximum absolute atomic E-state index is 12.3. The van der Waals surface area contributed by atoms with Crippen molar-refractivity contribution in [2.45, 2.75) is 33.2 Å². The molecule has 0 atom stereocenters. The highest BCUT2D eigenvalue weighted by atomic mass is 35.5. The van der Waals surface area contributed by atoms with Gasteiger partial charge in [0, 0.05) is 6.07 Å². The fraction of sp³-hybridized carbons (Fsp3) is 0.417. The van der Waals surface area contributed by atoms with Crippen molar-refractivity contribution >= 4 is 17.2 Å². The zero-order valence-corrected chi connectivity index (χ0v) is 11.3. The summed E-state index contributed by atoms with van der Waals surface area (Å²) in [7, 11) is 0. The molecule has 2 heterocycles. The summed E-state index contributed by atoms with van der Waals surface area (Å²) in [6, 6.07) is 3.26. The fourth-order valence-corrected chi connectivity index (χ4v) is 2.17. The first-order valence-corrected chi connectivity index (χ1v) is 6.19. The van der Waals surface area contributed by atoms with Gasteiger partial charge in [0.05, 0.1) is 6.54 Å². The Morgan fingerprint density at radius 2 is 2.17 bits per heavy atom. The molecule has 2 rings (SSSR count). The average molecular weight is 269 g/mol. The molecule has 0 amide bonds. The van der Waals surface area contributed by atoms with Crippen molar-refractivity contribution in [1.82, 2.24) is 9.61 Å². The van der Waals surface area contributed by atoms with Crippen LogP contribution in [0.3, 0.4) is 0 Å². The van der Waals surface area contributed by atoms with E-state index < -0.39 is 0 Å². The molecule has 0 aliphatic carbocycles. The highest BCUT2D eigenvalue weighted by Crippen LogP contribution is 2.18. The van der Waals surface area contributed by atoms with E-state index in [-0.39, 0.29) is 22.5 Å². The number of halogens is 1. The summed E-state index contributed by atoms with van der Waals surface area (Å²) in [5.74, 6) is -0.0883. The molecular weight excluding hydrogens is 254 g/mol. The highest BCUT2D eigenvalue weighted by Gasteiger charge is 2.25. The number of hydrogen-bond donors (Lipinski definition) is 1. The number of aromatic hydroxyl groups is 1. The molecule has 0 saturated heterocycles. The Hall–Kier alpha value is -1.62. The van der Waals surface area contributed by atoms with Crippen LogP contribution in [0.5, 0.6) is 5.88 Å². The number of nitrogens with zero attached hydrogens (tertiary/aromatic N) is 3. The van der Waals surface area contributed by atoms with Crippen LogP contribution in [-0.4, -0.2) is 14.7 Å². The van der Waals surface area contributed by atoms with Crippen LogP contribution in [0.25, 0.3) is 5.65 Å². The van der Waals surface area contributed by atoms with Gasteiger partial charge in [-0.2, -0.15) is 4.57 Å². The van der Waals surface area contributed by atoms with Gasteiger partial charge in [-0.3, -0.25) is 0 Å². The predicted octanol–water partition coefficient (Wildman–Crippen LogP) is 1.48. The van der Waals surface area contributed by atoms with Crippen LogP contribution in [0.1, 0.15) is 32.3 Å². The van der Waals surface area contributed by atoms with Crippen molar-refractivity contribution in [3.05, 3.63) is 33.2 Å². The van der Waals surface area contributed by atoms with E-state index in [1.807, 2.05) is 20.8 Å². The monoisotopic (exact) mass is 268 g/mol. The summed E-state index contributed by atoms with van der Waals surface area (Å²) < 4.78 is 2.88. The summed E-state index contributed by atoms with van der Waals surface area (Å²) in [6.07, 6.45) is 0. The number of rotatable bonds is 2. The zero-order valence-electron chi connectivity index (χ0n) is 10.5. The van der Waals surface area contributed by atoms with Gasteiger partial charge in [0.2, 0.25) is 0 Å². The van der Waals surface area contributed by atoms with Gasteiger partial charge in [-0.1, -0.05) is 35.1 Å². The second-order valence-corrected chi connectivity index (χ2v) is 4.75. The first-order valence-electron chi connectivity index (χ1n) is 5.81. The van der Waals surface area contributed by atoms with Crippen molar-refractivity contribution in [3.63, 3.8) is 0 Å². The van der Waals surface area contributed by atoms with Gasteiger partial charge in [-0.25, -0.2) is 4.79 Å². The average Bonchev–Trinajstić information content (AvgIpc) is 2.30. The third-order valence-electron chi connectivity index (χ3n) is 2.87. The number of hydrogen-bond acceptors (Lipinski definition) is 3. The molecule has 96 valence electrons. The molecule has 0 bridgehead atoms. The summed E-state index contributed by atoms with van der Waals surface area (Å²) >= 11 is 5.82. The molecule has 0 unspecified atom stereocenters. The smallest absolute Gasteiger partial charge is 0.370 e. The van der Waals surface area contributed by atoms with Gasteiger partial charge >= 0.3 is 11.2 Å². The summed E-state index contributed by atoms with van der Waals surface area (Å²) in [6.45, 7) is 6.14. The van der Waals surface area contributed by atoms with Crippen molar-refractivity contribution < 1.29 is 9.67 Å². The Morgan fingerprint density at radius 1 is 1.50 bits per heavy atom. The van der Waals surface area contributed by atoms with E-state index in [0.717, 1.165) is 0 Å². The second kappa shape index (κ2) is 4.57. The molecule has 1 N–H and O–H groups in total. The maximum Gasteiger partial charge on any atom is 0.370 e. The van der Waals surface area contributed by atoms with E-state index in [4.69, 9.17) is 11.6 Å². The maximum atomic E-state index is 12.3. The standard InChI is InChI=1S/C12H14ClN3O2/c1-4-15-9-6-5-8(13)14-16(9)12(18)10(7(2)3)11(15)17/h5-7H,4H2,1-3H3/p+1. The molecule has 0 saturated carbocycles. The lowest BCUT2D eigenvalue weighted by Gasteiger charge is -2.09. The number of aromatic nitrogens is 3. The van der Waals surface area contributed by atoms with E-state index in [9.17, 15) is 9.90 Å². The van der Waals surface area contributed by atoms with Crippen LogP contribution >= 0.6 is 11.6 Å². The Morgan fingerprint density at radius 3 is 2.72 bits per heavy atom. The lowest BCUT2D eigenvalue weighted by molar-refractivity contribution is -0.678. The van der Waals surface area contributed by atoms with E-state index in [1.165, 1.54) is 4.52 Å². The first kappa shape index (κ1) is 12.8. The van der Waals surface area contributed by atoms with Crippen molar-refractivity contribution in [2.24, 2.45) is 0 Å². The third-order valence-corrected chi connectivity index (χ3v) is 3.07. The number of fused-ring (bicyclic) bond motifs is 1. The minimum Gasteiger partial charge on any atom is -0.477 e. The van der Waals surface area contributed by atoms with Gasteiger partial charge in [0.1, 0.15) is 5.56 Å². The number of aryl methyl sites for hydroxylation is 1. The van der Waals surface area contributed by atoms with Crippen molar-refractivity contribution in [2.75, 3.05) is 0 Å². The topological polar surface area (TPSA) is 58.5 Å². The van der Waals surface area contributed by atoms with Gasteiger partial charge < -0.3 is 5.11 Å². The quantitative estimate of drug-likeness (QED) is 0.840. The normalized spacial score (nSPS) is 11.4. The van der Waals surface area contributed by atoms with Gasteiger partial charge in [0.15, 0.2) is 5.15 Å². The van der Waals surface area contributed by atoms with Crippen LogP contribution in [-0.2, 0) is 6.54 Å². The van der Waals surface area contributed by atoms with Crippen LogP contribution in [0.15, 0.2) is 16.9 Å². The van der Waals surface area contributed by atoms with E-state index in [1.54, 1.807) is 16.7 Å². The molecule has 0 aromatic carbocycles. The Bertz CT molecular complexity index is 664. The van der Waals surface area contributed by atoms with Crippen LogP contribution in [0.4, 0.5) is 0 Å². The van der Waals surface area contributed by atoms with Crippen molar-refractivity contribution in [3.8, 4) is 5.88 Å². The van der Waals surface area contributed by atoms with E-state index >= 15 is 0 Å².